The molecule has 1 fully saturated rings. The number of hydrogen-bond donors (Lipinski definition) is 3. The molecule has 4 heteroatoms. The zero-order valence-corrected chi connectivity index (χ0v) is 10.6. The molecule has 0 spiro atoms. The van der Waals surface area contributed by atoms with E-state index in [-0.39, 0.29) is 5.56 Å². The number of nitrogen functional groups attached to an aromatic ring is 1. The minimum absolute atomic E-state index is 0.168. The highest BCUT2D eigenvalue weighted by atomic mass is 16.4. The summed E-state index contributed by atoms with van der Waals surface area (Å²) in [6.45, 7) is 2.14. The molecule has 0 saturated heterocycles. The third-order valence-electron chi connectivity index (χ3n) is 3.50. The Morgan fingerprint density at radius 3 is 2.83 bits per heavy atom. The van der Waals surface area contributed by atoms with Gasteiger partial charge in [0, 0.05) is 6.04 Å². The summed E-state index contributed by atoms with van der Waals surface area (Å²) in [6.07, 6.45) is 4.81. The lowest BCUT2D eigenvalue weighted by atomic mass is 10.1. The van der Waals surface area contributed by atoms with E-state index in [0.29, 0.717) is 11.7 Å². The molecule has 1 aromatic carbocycles. The van der Waals surface area contributed by atoms with Gasteiger partial charge in [0.05, 0.1) is 16.9 Å². The number of para-hydroxylation sites is 1. The molecule has 1 unspecified atom stereocenters. The highest BCUT2D eigenvalue weighted by Gasteiger charge is 2.25. The van der Waals surface area contributed by atoms with Gasteiger partial charge in [0.1, 0.15) is 0 Å². The lowest BCUT2D eigenvalue weighted by Crippen LogP contribution is -2.20. The van der Waals surface area contributed by atoms with Crippen LogP contribution in [0, 0.1) is 5.92 Å². The third-order valence-corrected chi connectivity index (χ3v) is 3.50. The summed E-state index contributed by atoms with van der Waals surface area (Å²) in [5, 5.41) is 12.4. The molecule has 1 aliphatic carbocycles. The average molecular weight is 248 g/mol. The molecule has 2 rings (SSSR count). The predicted molar refractivity (Wildman–Crippen MR) is 72.9 cm³/mol. The number of nitrogens with two attached hydrogens (primary N) is 1. The molecule has 4 N–H and O–H groups in total. The fourth-order valence-corrected chi connectivity index (χ4v) is 2.18. The van der Waals surface area contributed by atoms with Gasteiger partial charge >= 0.3 is 5.97 Å². The van der Waals surface area contributed by atoms with E-state index in [9.17, 15) is 4.79 Å². The van der Waals surface area contributed by atoms with Crippen LogP contribution >= 0.6 is 0 Å². The zero-order chi connectivity index (χ0) is 13.1. The van der Waals surface area contributed by atoms with E-state index in [1.54, 1.807) is 6.07 Å². The van der Waals surface area contributed by atoms with E-state index < -0.39 is 5.97 Å². The molecule has 4 nitrogen and oxygen atoms in total. The fourth-order valence-electron chi connectivity index (χ4n) is 2.18. The second-order valence-electron chi connectivity index (χ2n) is 5.00. The molecular formula is C14H20N2O2. The van der Waals surface area contributed by atoms with Crippen LogP contribution in [-0.2, 0) is 0 Å². The maximum atomic E-state index is 11.0. The van der Waals surface area contributed by atoms with E-state index in [2.05, 4.69) is 12.2 Å². The van der Waals surface area contributed by atoms with Crippen molar-refractivity contribution in [3.8, 4) is 0 Å². The SMILES string of the molecule is CCC(CC1CC1)Nc1cccc(C(=O)O)c1N. The second kappa shape index (κ2) is 5.29. The van der Waals surface area contributed by atoms with Crippen LogP contribution in [0.3, 0.4) is 0 Å². The summed E-state index contributed by atoms with van der Waals surface area (Å²) in [7, 11) is 0. The van der Waals surface area contributed by atoms with Crippen LogP contribution in [0.4, 0.5) is 11.4 Å². The normalized spacial score (nSPS) is 16.3. The Balaban J connectivity index is 2.11. The largest absolute Gasteiger partial charge is 0.478 e. The van der Waals surface area contributed by atoms with Gasteiger partial charge in [-0.05, 0) is 30.9 Å². The molecule has 0 amide bonds. The Morgan fingerprint density at radius 1 is 1.56 bits per heavy atom. The molecule has 1 saturated carbocycles. The monoisotopic (exact) mass is 248 g/mol. The van der Waals surface area contributed by atoms with Gasteiger partial charge < -0.3 is 16.2 Å². The lowest BCUT2D eigenvalue weighted by molar-refractivity contribution is 0.0698. The first-order valence-corrected chi connectivity index (χ1v) is 6.50. The quantitative estimate of drug-likeness (QED) is 0.676. The van der Waals surface area contributed by atoms with Gasteiger partial charge in [-0.2, -0.15) is 0 Å². The summed E-state index contributed by atoms with van der Waals surface area (Å²) >= 11 is 0. The third kappa shape index (κ3) is 2.94. The van der Waals surface area contributed by atoms with Gasteiger partial charge in [-0.1, -0.05) is 25.8 Å². The number of anilines is 2. The number of aromatic carboxylic acids is 1. The Morgan fingerprint density at radius 2 is 2.28 bits per heavy atom. The maximum absolute atomic E-state index is 11.0. The molecule has 18 heavy (non-hydrogen) atoms. The first-order valence-electron chi connectivity index (χ1n) is 6.50. The molecule has 98 valence electrons. The minimum atomic E-state index is -0.980. The number of carbonyl (C=O) groups is 1. The first kappa shape index (κ1) is 12.7. The second-order valence-corrected chi connectivity index (χ2v) is 5.00. The Hall–Kier alpha value is -1.71. The standard InChI is InChI=1S/C14H20N2O2/c1-2-10(8-9-6-7-9)16-12-5-3-4-11(13(12)15)14(17)18/h3-5,9-10,16H,2,6-8,15H2,1H3,(H,17,18). The van der Waals surface area contributed by atoms with E-state index in [0.717, 1.165) is 24.4 Å². The topological polar surface area (TPSA) is 75.3 Å². The van der Waals surface area contributed by atoms with Crippen molar-refractivity contribution in [1.82, 2.24) is 0 Å². The van der Waals surface area contributed by atoms with Crippen molar-refractivity contribution in [3.05, 3.63) is 23.8 Å². The first-order chi connectivity index (χ1) is 8.61. The van der Waals surface area contributed by atoms with Gasteiger partial charge in [0.15, 0.2) is 0 Å². The Labute approximate surface area is 107 Å². The van der Waals surface area contributed by atoms with Crippen LogP contribution in [0.25, 0.3) is 0 Å². The van der Waals surface area contributed by atoms with Crippen LogP contribution in [-0.4, -0.2) is 17.1 Å². The Kier molecular flexibility index (Phi) is 3.75. The molecule has 1 aliphatic rings. The average Bonchev–Trinajstić information content (AvgIpc) is 3.14. The van der Waals surface area contributed by atoms with Crippen molar-refractivity contribution < 1.29 is 9.90 Å². The van der Waals surface area contributed by atoms with E-state index >= 15 is 0 Å². The molecule has 1 atom stereocenters. The highest BCUT2D eigenvalue weighted by Crippen LogP contribution is 2.35. The molecular weight excluding hydrogens is 228 g/mol. The molecule has 0 bridgehead atoms. The summed E-state index contributed by atoms with van der Waals surface area (Å²) in [5.41, 5.74) is 7.13. The van der Waals surface area contributed by atoms with Crippen molar-refractivity contribution in [2.24, 2.45) is 5.92 Å². The number of carboxylic acid groups (broad SMARTS) is 1. The molecule has 0 aromatic heterocycles. The number of hydrogen-bond acceptors (Lipinski definition) is 3. The maximum Gasteiger partial charge on any atom is 0.337 e. The smallest absolute Gasteiger partial charge is 0.337 e. The van der Waals surface area contributed by atoms with Crippen LogP contribution in [0.15, 0.2) is 18.2 Å². The van der Waals surface area contributed by atoms with Crippen molar-refractivity contribution in [2.45, 2.75) is 38.6 Å². The molecule has 1 aromatic rings. The Bertz CT molecular complexity index is 441. The van der Waals surface area contributed by atoms with Gasteiger partial charge in [-0.15, -0.1) is 0 Å². The van der Waals surface area contributed by atoms with E-state index in [1.807, 2.05) is 6.07 Å². The fraction of sp³-hybridized carbons (Fsp3) is 0.500. The minimum Gasteiger partial charge on any atom is -0.478 e. The summed E-state index contributed by atoms with van der Waals surface area (Å²) in [6, 6.07) is 5.48. The summed E-state index contributed by atoms with van der Waals surface area (Å²) in [5.74, 6) is -0.141. The predicted octanol–water partition coefficient (Wildman–Crippen LogP) is 2.96. The molecule has 0 radical (unpaired) electrons. The van der Waals surface area contributed by atoms with Gasteiger partial charge in [-0.25, -0.2) is 4.79 Å². The summed E-state index contributed by atoms with van der Waals surface area (Å²) in [4.78, 5) is 11.0. The summed E-state index contributed by atoms with van der Waals surface area (Å²) < 4.78 is 0. The molecule has 0 aliphatic heterocycles. The molecule has 0 heterocycles. The van der Waals surface area contributed by atoms with Crippen LogP contribution in [0.1, 0.15) is 43.0 Å². The van der Waals surface area contributed by atoms with Gasteiger partial charge in [-0.3, -0.25) is 0 Å². The number of rotatable bonds is 6. The van der Waals surface area contributed by atoms with Crippen molar-refractivity contribution in [3.63, 3.8) is 0 Å². The van der Waals surface area contributed by atoms with Crippen molar-refractivity contribution in [2.75, 3.05) is 11.1 Å². The van der Waals surface area contributed by atoms with Crippen molar-refractivity contribution in [1.29, 1.82) is 0 Å². The van der Waals surface area contributed by atoms with Gasteiger partial charge in [0.25, 0.3) is 0 Å². The van der Waals surface area contributed by atoms with Gasteiger partial charge in [0.2, 0.25) is 0 Å². The van der Waals surface area contributed by atoms with Crippen LogP contribution in [0.2, 0.25) is 0 Å². The van der Waals surface area contributed by atoms with E-state index in [1.165, 1.54) is 18.9 Å². The van der Waals surface area contributed by atoms with Crippen LogP contribution in [0.5, 0.6) is 0 Å². The number of benzene rings is 1. The van der Waals surface area contributed by atoms with E-state index in [4.69, 9.17) is 10.8 Å². The zero-order valence-electron chi connectivity index (χ0n) is 10.6. The number of nitrogens with one attached hydrogen (secondary N) is 1. The lowest BCUT2D eigenvalue weighted by Gasteiger charge is -2.20. The van der Waals surface area contributed by atoms with Crippen LogP contribution < -0.4 is 11.1 Å². The number of carboxylic acids is 1. The highest BCUT2D eigenvalue weighted by molar-refractivity contribution is 5.97. The van der Waals surface area contributed by atoms with Crippen molar-refractivity contribution >= 4 is 17.3 Å².